The van der Waals surface area contributed by atoms with Gasteiger partial charge in [0.05, 0.1) is 11.6 Å². The number of nitrogens with one attached hydrogen (secondary N) is 1. The van der Waals surface area contributed by atoms with Crippen LogP contribution in [-0.2, 0) is 12.9 Å². The average Bonchev–Trinajstić information content (AvgIpc) is 3.24. The van der Waals surface area contributed by atoms with Crippen molar-refractivity contribution in [1.29, 1.82) is 0 Å². The number of carbonyl (C=O) groups is 1. The summed E-state index contributed by atoms with van der Waals surface area (Å²) in [4.78, 5) is 14.7. The van der Waals surface area contributed by atoms with Crippen molar-refractivity contribution in [3.63, 3.8) is 0 Å². The van der Waals surface area contributed by atoms with Crippen molar-refractivity contribution in [2.45, 2.75) is 25.4 Å². The van der Waals surface area contributed by atoms with Gasteiger partial charge in [-0.05, 0) is 69.0 Å². The summed E-state index contributed by atoms with van der Waals surface area (Å²) < 4.78 is 58.5. The van der Waals surface area contributed by atoms with E-state index >= 15 is 0 Å². The monoisotopic (exact) mass is 464 g/mol. The number of hydrogen-bond donors (Lipinski definition) is 1. The van der Waals surface area contributed by atoms with E-state index in [9.17, 15) is 22.4 Å². The molecule has 6 nitrogen and oxygen atoms in total. The Labute approximate surface area is 188 Å². The largest absolute Gasteiger partial charge is 0.471 e. The SMILES string of the molecule is CN(C)CCC(NC(=O)c1ccn(COc2cccc(C(F)(F)F)c2)n1)c1ccc(F)cc1. The third-order valence-electron chi connectivity index (χ3n) is 4.84. The lowest BCUT2D eigenvalue weighted by Gasteiger charge is -2.21. The molecule has 3 rings (SSSR count). The molecule has 0 saturated carbocycles. The minimum Gasteiger partial charge on any atom is -0.471 e. The minimum absolute atomic E-state index is 0.0337. The Bertz CT molecular complexity index is 1060. The number of carbonyl (C=O) groups excluding carboxylic acids is 1. The van der Waals surface area contributed by atoms with Crippen LogP contribution < -0.4 is 10.1 Å². The molecule has 1 N–H and O–H groups in total. The number of aromatic nitrogens is 2. The van der Waals surface area contributed by atoms with Gasteiger partial charge in [0, 0.05) is 6.20 Å². The van der Waals surface area contributed by atoms with Crippen LogP contribution >= 0.6 is 0 Å². The lowest BCUT2D eigenvalue weighted by atomic mass is 10.0. The maximum atomic E-state index is 13.3. The first-order valence-electron chi connectivity index (χ1n) is 10.2. The molecular formula is C23H24F4N4O2. The number of amides is 1. The van der Waals surface area contributed by atoms with E-state index in [2.05, 4.69) is 10.4 Å². The van der Waals surface area contributed by atoms with Gasteiger partial charge in [-0.1, -0.05) is 18.2 Å². The van der Waals surface area contributed by atoms with E-state index in [-0.39, 0.29) is 30.0 Å². The summed E-state index contributed by atoms with van der Waals surface area (Å²) in [5.74, 6) is -0.761. The van der Waals surface area contributed by atoms with Crippen LogP contribution in [0.2, 0.25) is 0 Å². The lowest BCUT2D eigenvalue weighted by Crippen LogP contribution is -2.31. The first kappa shape index (κ1) is 24.2. The Hall–Kier alpha value is -3.40. The Balaban J connectivity index is 1.64. The number of nitrogens with zero attached hydrogens (tertiary/aromatic N) is 3. The number of alkyl halides is 3. The quantitative estimate of drug-likeness (QED) is 0.474. The molecule has 0 saturated heterocycles. The van der Waals surface area contributed by atoms with E-state index in [1.807, 2.05) is 19.0 Å². The fourth-order valence-corrected chi connectivity index (χ4v) is 3.09. The normalized spacial score (nSPS) is 12.6. The average molecular weight is 464 g/mol. The summed E-state index contributed by atoms with van der Waals surface area (Å²) in [6.45, 7) is 0.526. The number of hydrogen-bond acceptors (Lipinski definition) is 4. The summed E-state index contributed by atoms with van der Waals surface area (Å²) in [5, 5.41) is 7.05. The van der Waals surface area contributed by atoms with Crippen LogP contribution in [0.5, 0.6) is 5.75 Å². The van der Waals surface area contributed by atoms with Gasteiger partial charge in [0.15, 0.2) is 6.73 Å². The van der Waals surface area contributed by atoms with E-state index in [4.69, 9.17) is 4.74 Å². The van der Waals surface area contributed by atoms with Crippen molar-refractivity contribution in [2.24, 2.45) is 0 Å². The van der Waals surface area contributed by atoms with Crippen molar-refractivity contribution in [2.75, 3.05) is 20.6 Å². The van der Waals surface area contributed by atoms with Gasteiger partial charge in [-0.25, -0.2) is 9.07 Å². The third kappa shape index (κ3) is 7.04. The molecule has 0 radical (unpaired) electrons. The fraction of sp³-hybridized carbons (Fsp3) is 0.304. The van der Waals surface area contributed by atoms with Crippen LogP contribution in [-0.4, -0.2) is 41.2 Å². The molecule has 0 aliphatic heterocycles. The molecule has 2 aromatic carbocycles. The molecule has 0 aliphatic carbocycles. The second-order valence-electron chi connectivity index (χ2n) is 7.71. The van der Waals surface area contributed by atoms with Crippen molar-refractivity contribution in [1.82, 2.24) is 20.0 Å². The molecule has 0 aliphatic rings. The second kappa shape index (κ2) is 10.5. The van der Waals surface area contributed by atoms with Crippen LogP contribution in [0.1, 0.15) is 34.1 Å². The van der Waals surface area contributed by atoms with E-state index in [0.29, 0.717) is 13.0 Å². The van der Waals surface area contributed by atoms with Crippen molar-refractivity contribution in [3.8, 4) is 5.75 Å². The van der Waals surface area contributed by atoms with Gasteiger partial charge < -0.3 is 15.0 Å². The fourth-order valence-electron chi connectivity index (χ4n) is 3.09. The van der Waals surface area contributed by atoms with Crippen LogP contribution in [0.25, 0.3) is 0 Å². The third-order valence-corrected chi connectivity index (χ3v) is 4.84. The van der Waals surface area contributed by atoms with Crippen LogP contribution in [0.15, 0.2) is 60.8 Å². The second-order valence-corrected chi connectivity index (χ2v) is 7.71. The van der Waals surface area contributed by atoms with E-state index < -0.39 is 17.6 Å². The molecule has 3 aromatic rings. The maximum absolute atomic E-state index is 13.3. The minimum atomic E-state index is -4.47. The van der Waals surface area contributed by atoms with Crippen molar-refractivity contribution < 1.29 is 27.1 Å². The molecule has 10 heteroatoms. The molecular weight excluding hydrogens is 440 g/mol. The molecule has 1 heterocycles. The highest BCUT2D eigenvalue weighted by molar-refractivity contribution is 5.92. The molecule has 0 bridgehead atoms. The van der Waals surface area contributed by atoms with Gasteiger partial charge >= 0.3 is 6.18 Å². The number of benzene rings is 2. The topological polar surface area (TPSA) is 59.4 Å². The van der Waals surface area contributed by atoms with Gasteiger partial charge in [-0.3, -0.25) is 4.79 Å². The molecule has 1 atom stereocenters. The summed E-state index contributed by atoms with van der Waals surface area (Å²) in [5.41, 5.74) is 0.0728. The molecule has 0 spiro atoms. The number of halogens is 4. The predicted octanol–water partition coefficient (Wildman–Crippen LogP) is 4.50. The van der Waals surface area contributed by atoms with E-state index in [0.717, 1.165) is 17.7 Å². The summed E-state index contributed by atoms with van der Waals surface area (Å²) in [6.07, 6.45) is -2.37. The van der Waals surface area contributed by atoms with Gasteiger partial charge in [0.1, 0.15) is 17.3 Å². The number of ether oxygens (including phenoxy) is 1. The smallest absolute Gasteiger partial charge is 0.416 e. The molecule has 33 heavy (non-hydrogen) atoms. The molecule has 176 valence electrons. The molecule has 1 amide bonds. The maximum Gasteiger partial charge on any atom is 0.416 e. The van der Waals surface area contributed by atoms with Crippen LogP contribution in [0.4, 0.5) is 17.6 Å². The first-order valence-corrected chi connectivity index (χ1v) is 10.2. The van der Waals surface area contributed by atoms with Crippen LogP contribution in [0, 0.1) is 5.82 Å². The predicted molar refractivity (Wildman–Crippen MR) is 114 cm³/mol. The summed E-state index contributed by atoms with van der Waals surface area (Å²) >= 11 is 0. The summed E-state index contributed by atoms with van der Waals surface area (Å²) in [7, 11) is 3.82. The van der Waals surface area contributed by atoms with Crippen molar-refractivity contribution >= 4 is 5.91 Å². The highest BCUT2D eigenvalue weighted by Crippen LogP contribution is 2.31. The Morgan fingerprint density at radius 2 is 1.88 bits per heavy atom. The number of rotatable bonds is 9. The first-order chi connectivity index (χ1) is 15.6. The highest BCUT2D eigenvalue weighted by Gasteiger charge is 2.30. The zero-order valence-electron chi connectivity index (χ0n) is 18.1. The lowest BCUT2D eigenvalue weighted by molar-refractivity contribution is -0.137. The van der Waals surface area contributed by atoms with Gasteiger partial charge in [0.2, 0.25) is 0 Å². The van der Waals surface area contributed by atoms with Gasteiger partial charge in [-0.15, -0.1) is 0 Å². The molecule has 0 fully saturated rings. The van der Waals surface area contributed by atoms with Gasteiger partial charge in [0.25, 0.3) is 5.91 Å². The van der Waals surface area contributed by atoms with Gasteiger partial charge in [-0.2, -0.15) is 18.3 Å². The van der Waals surface area contributed by atoms with E-state index in [1.54, 1.807) is 12.1 Å². The van der Waals surface area contributed by atoms with E-state index in [1.165, 1.54) is 41.2 Å². The zero-order valence-corrected chi connectivity index (χ0v) is 18.1. The highest BCUT2D eigenvalue weighted by atomic mass is 19.4. The molecule has 1 aromatic heterocycles. The Morgan fingerprint density at radius 3 is 2.55 bits per heavy atom. The Kier molecular flexibility index (Phi) is 7.70. The summed E-state index contributed by atoms with van der Waals surface area (Å²) in [6, 6.07) is 11.6. The van der Waals surface area contributed by atoms with Crippen molar-refractivity contribution in [3.05, 3.63) is 83.4 Å². The molecule has 1 unspecified atom stereocenters. The Morgan fingerprint density at radius 1 is 1.15 bits per heavy atom. The van der Waals surface area contributed by atoms with Crippen LogP contribution in [0.3, 0.4) is 0 Å². The standard InChI is InChI=1S/C23H24F4N4O2/c1-30(2)12-10-20(16-6-8-18(24)9-7-16)28-22(32)21-11-13-31(29-21)15-33-19-5-3-4-17(14-19)23(25,26)27/h3-9,11,13-14,20H,10,12,15H2,1-2H3,(H,28,32). The zero-order chi connectivity index (χ0) is 24.0.